The van der Waals surface area contributed by atoms with Crippen molar-refractivity contribution in [2.24, 2.45) is 0 Å². The van der Waals surface area contributed by atoms with Crippen molar-refractivity contribution in [3.8, 4) is 5.75 Å². The van der Waals surface area contributed by atoms with E-state index < -0.39 is 0 Å². The SMILES string of the molecule is CCN1CCC[C@@H]1CNCc1cccc(OCc2ccccc2F)c1. The molecule has 134 valence electrons. The van der Waals surface area contributed by atoms with Gasteiger partial charge in [0.15, 0.2) is 0 Å². The molecule has 25 heavy (non-hydrogen) atoms. The number of likely N-dealkylation sites (tertiary alicyclic amines) is 1. The highest BCUT2D eigenvalue weighted by molar-refractivity contribution is 5.29. The van der Waals surface area contributed by atoms with Gasteiger partial charge in [-0.1, -0.05) is 37.3 Å². The predicted molar refractivity (Wildman–Crippen MR) is 99.1 cm³/mol. The maximum absolute atomic E-state index is 13.7. The molecule has 0 unspecified atom stereocenters. The van der Waals surface area contributed by atoms with Crippen LogP contribution in [-0.4, -0.2) is 30.6 Å². The van der Waals surface area contributed by atoms with Crippen LogP contribution in [0.1, 0.15) is 30.9 Å². The topological polar surface area (TPSA) is 24.5 Å². The Labute approximate surface area is 149 Å². The van der Waals surface area contributed by atoms with Gasteiger partial charge in [-0.2, -0.15) is 0 Å². The van der Waals surface area contributed by atoms with Gasteiger partial charge in [0.05, 0.1) is 0 Å². The van der Waals surface area contributed by atoms with Gasteiger partial charge >= 0.3 is 0 Å². The van der Waals surface area contributed by atoms with Gasteiger partial charge in [0, 0.05) is 24.7 Å². The smallest absolute Gasteiger partial charge is 0.129 e. The summed E-state index contributed by atoms with van der Waals surface area (Å²) in [5, 5.41) is 3.56. The zero-order valence-electron chi connectivity index (χ0n) is 14.9. The van der Waals surface area contributed by atoms with Gasteiger partial charge in [0.25, 0.3) is 0 Å². The number of likely N-dealkylation sites (N-methyl/N-ethyl adjacent to an activating group) is 1. The van der Waals surface area contributed by atoms with E-state index in [0.29, 0.717) is 11.6 Å². The van der Waals surface area contributed by atoms with Crippen molar-refractivity contribution in [3.05, 3.63) is 65.5 Å². The first kappa shape index (κ1) is 17.9. The average molecular weight is 342 g/mol. The Balaban J connectivity index is 1.49. The number of rotatable bonds is 8. The monoisotopic (exact) mass is 342 g/mol. The molecular formula is C21H27FN2O. The second-order valence-electron chi connectivity index (χ2n) is 6.58. The molecular weight excluding hydrogens is 315 g/mol. The summed E-state index contributed by atoms with van der Waals surface area (Å²) in [7, 11) is 0. The lowest BCUT2D eigenvalue weighted by Gasteiger charge is -2.23. The highest BCUT2D eigenvalue weighted by Gasteiger charge is 2.21. The summed E-state index contributed by atoms with van der Waals surface area (Å²) >= 11 is 0. The molecule has 2 aromatic rings. The molecule has 1 aliphatic rings. The Hall–Kier alpha value is -1.91. The molecule has 1 fully saturated rings. The van der Waals surface area contributed by atoms with Crippen LogP contribution in [0, 0.1) is 5.82 Å². The van der Waals surface area contributed by atoms with Crippen LogP contribution in [0.25, 0.3) is 0 Å². The zero-order chi connectivity index (χ0) is 17.5. The minimum Gasteiger partial charge on any atom is -0.489 e. The van der Waals surface area contributed by atoms with Gasteiger partial charge in [-0.15, -0.1) is 0 Å². The summed E-state index contributed by atoms with van der Waals surface area (Å²) in [5.74, 6) is 0.552. The van der Waals surface area contributed by atoms with Crippen molar-refractivity contribution >= 4 is 0 Å². The Morgan fingerprint density at radius 2 is 2.08 bits per heavy atom. The van der Waals surface area contributed by atoms with E-state index in [9.17, 15) is 4.39 Å². The molecule has 1 atom stereocenters. The number of halogens is 1. The molecule has 1 heterocycles. The first-order valence-electron chi connectivity index (χ1n) is 9.16. The Morgan fingerprint density at radius 3 is 2.92 bits per heavy atom. The minimum atomic E-state index is -0.225. The second kappa shape index (κ2) is 8.97. The van der Waals surface area contributed by atoms with E-state index in [4.69, 9.17) is 4.74 Å². The lowest BCUT2D eigenvalue weighted by Crippen LogP contribution is -2.37. The van der Waals surface area contributed by atoms with Crippen LogP contribution in [0.3, 0.4) is 0 Å². The molecule has 0 amide bonds. The third-order valence-electron chi connectivity index (χ3n) is 4.86. The van der Waals surface area contributed by atoms with Crippen molar-refractivity contribution in [1.82, 2.24) is 10.2 Å². The number of benzene rings is 2. The number of nitrogens with one attached hydrogen (secondary N) is 1. The standard InChI is InChI=1S/C21H27FN2O/c1-2-24-12-6-9-19(24)15-23-14-17-7-5-10-20(13-17)25-16-18-8-3-4-11-21(18)22/h3-5,7-8,10-11,13,19,23H,2,6,9,12,14-16H2,1H3/t19-/m1/s1. The van der Waals surface area contributed by atoms with Gasteiger partial charge in [-0.25, -0.2) is 4.39 Å². The summed E-state index contributed by atoms with van der Waals surface area (Å²) in [6.07, 6.45) is 2.59. The highest BCUT2D eigenvalue weighted by atomic mass is 19.1. The Bertz CT molecular complexity index is 676. The van der Waals surface area contributed by atoms with Crippen molar-refractivity contribution in [2.75, 3.05) is 19.6 Å². The van der Waals surface area contributed by atoms with Crippen LogP contribution in [0.2, 0.25) is 0 Å². The molecule has 0 aromatic heterocycles. The fourth-order valence-corrected chi connectivity index (χ4v) is 3.45. The van der Waals surface area contributed by atoms with Crippen LogP contribution in [0.4, 0.5) is 4.39 Å². The molecule has 1 saturated heterocycles. The molecule has 3 rings (SSSR count). The van der Waals surface area contributed by atoms with Crippen molar-refractivity contribution in [1.29, 1.82) is 0 Å². The van der Waals surface area contributed by atoms with Gasteiger partial charge in [-0.05, 0) is 49.7 Å². The summed E-state index contributed by atoms with van der Waals surface area (Å²) in [4.78, 5) is 2.54. The molecule has 0 spiro atoms. The van der Waals surface area contributed by atoms with Gasteiger partial charge in [0.1, 0.15) is 18.2 Å². The lowest BCUT2D eigenvalue weighted by atomic mass is 10.2. The predicted octanol–water partition coefficient (Wildman–Crippen LogP) is 3.98. The van der Waals surface area contributed by atoms with E-state index in [1.807, 2.05) is 24.3 Å². The molecule has 0 radical (unpaired) electrons. The molecule has 0 aliphatic carbocycles. The summed E-state index contributed by atoms with van der Waals surface area (Å²) in [6, 6.07) is 15.4. The third-order valence-corrected chi connectivity index (χ3v) is 4.86. The van der Waals surface area contributed by atoms with E-state index in [-0.39, 0.29) is 12.4 Å². The summed E-state index contributed by atoms with van der Waals surface area (Å²) in [5.41, 5.74) is 1.76. The first-order chi connectivity index (χ1) is 12.3. The van der Waals surface area contributed by atoms with E-state index in [1.165, 1.54) is 31.0 Å². The van der Waals surface area contributed by atoms with Gasteiger partial charge < -0.3 is 10.1 Å². The number of hydrogen-bond acceptors (Lipinski definition) is 3. The molecule has 0 saturated carbocycles. The maximum atomic E-state index is 13.7. The van der Waals surface area contributed by atoms with E-state index >= 15 is 0 Å². The van der Waals surface area contributed by atoms with Crippen molar-refractivity contribution < 1.29 is 9.13 Å². The van der Waals surface area contributed by atoms with Crippen LogP contribution in [0.15, 0.2) is 48.5 Å². The highest BCUT2D eigenvalue weighted by Crippen LogP contribution is 2.18. The van der Waals surface area contributed by atoms with Crippen molar-refractivity contribution in [3.63, 3.8) is 0 Å². The molecule has 0 bridgehead atoms. The van der Waals surface area contributed by atoms with E-state index in [1.54, 1.807) is 12.1 Å². The lowest BCUT2D eigenvalue weighted by molar-refractivity contribution is 0.260. The third kappa shape index (κ3) is 5.03. The second-order valence-corrected chi connectivity index (χ2v) is 6.58. The van der Waals surface area contributed by atoms with Crippen molar-refractivity contribution in [2.45, 2.75) is 39.0 Å². The van der Waals surface area contributed by atoms with E-state index in [0.717, 1.165) is 25.4 Å². The zero-order valence-corrected chi connectivity index (χ0v) is 14.9. The fraction of sp³-hybridized carbons (Fsp3) is 0.429. The molecule has 1 aliphatic heterocycles. The quantitative estimate of drug-likeness (QED) is 0.785. The fourth-order valence-electron chi connectivity index (χ4n) is 3.45. The Morgan fingerprint density at radius 1 is 1.20 bits per heavy atom. The van der Waals surface area contributed by atoms with Gasteiger partial charge in [0.2, 0.25) is 0 Å². The molecule has 4 heteroatoms. The minimum absolute atomic E-state index is 0.225. The number of hydrogen-bond donors (Lipinski definition) is 1. The molecule has 2 aromatic carbocycles. The first-order valence-corrected chi connectivity index (χ1v) is 9.16. The average Bonchev–Trinajstić information content (AvgIpc) is 3.09. The normalized spacial score (nSPS) is 17.8. The van der Waals surface area contributed by atoms with Gasteiger partial charge in [-0.3, -0.25) is 4.90 Å². The van der Waals surface area contributed by atoms with Crippen LogP contribution in [0.5, 0.6) is 5.75 Å². The van der Waals surface area contributed by atoms with Crippen LogP contribution < -0.4 is 10.1 Å². The largest absolute Gasteiger partial charge is 0.489 e. The summed E-state index contributed by atoms with van der Waals surface area (Å²) < 4.78 is 19.4. The Kier molecular flexibility index (Phi) is 6.42. The van der Waals surface area contributed by atoms with Crippen LogP contribution in [-0.2, 0) is 13.2 Å². The maximum Gasteiger partial charge on any atom is 0.129 e. The van der Waals surface area contributed by atoms with E-state index in [2.05, 4.69) is 23.2 Å². The number of ether oxygens (including phenoxy) is 1. The number of nitrogens with zero attached hydrogens (tertiary/aromatic N) is 1. The molecule has 3 nitrogen and oxygen atoms in total. The summed E-state index contributed by atoms with van der Waals surface area (Å²) in [6.45, 7) is 6.68. The van der Waals surface area contributed by atoms with Crippen LogP contribution >= 0.6 is 0 Å². The molecule has 1 N–H and O–H groups in total.